The predicted molar refractivity (Wildman–Crippen MR) is 100 cm³/mol. The number of carbonyl (C=O) groups is 2. The molecule has 0 aromatic heterocycles. The van der Waals surface area contributed by atoms with E-state index < -0.39 is 11.9 Å². The first kappa shape index (κ1) is 19.6. The smallest absolute Gasteiger partial charge is 0.251 e. The first-order valence-electron chi connectivity index (χ1n) is 8.85. The zero-order valence-electron chi connectivity index (χ0n) is 15.2. The Labute approximate surface area is 153 Å². The van der Waals surface area contributed by atoms with Crippen LogP contribution in [0.5, 0.6) is 0 Å². The normalized spacial score (nSPS) is 11.8. The quantitative estimate of drug-likeness (QED) is 0.713. The van der Waals surface area contributed by atoms with Crippen molar-refractivity contribution in [1.29, 1.82) is 0 Å². The molecule has 2 aromatic rings. The Kier molecular flexibility index (Phi) is 7.33. The zero-order chi connectivity index (χ0) is 18.9. The predicted octanol–water partition coefficient (Wildman–Crippen LogP) is 3.33. The van der Waals surface area contributed by atoms with Crippen molar-refractivity contribution in [3.63, 3.8) is 0 Å². The van der Waals surface area contributed by atoms with E-state index in [9.17, 15) is 14.0 Å². The maximum Gasteiger partial charge on any atom is 0.251 e. The topological polar surface area (TPSA) is 58.2 Å². The molecule has 0 spiro atoms. The van der Waals surface area contributed by atoms with Gasteiger partial charge in [-0.2, -0.15) is 0 Å². The molecule has 2 rings (SSSR count). The second-order valence-electron chi connectivity index (χ2n) is 6.58. The second kappa shape index (κ2) is 9.70. The van der Waals surface area contributed by atoms with Gasteiger partial charge in [-0.05, 0) is 48.6 Å². The van der Waals surface area contributed by atoms with Gasteiger partial charge in [0.15, 0.2) is 0 Å². The van der Waals surface area contributed by atoms with Crippen LogP contribution in [0.4, 0.5) is 4.39 Å². The van der Waals surface area contributed by atoms with Crippen molar-refractivity contribution in [2.75, 3.05) is 6.54 Å². The van der Waals surface area contributed by atoms with Gasteiger partial charge in [-0.25, -0.2) is 4.39 Å². The van der Waals surface area contributed by atoms with Gasteiger partial charge in [0.1, 0.15) is 11.9 Å². The van der Waals surface area contributed by atoms with E-state index in [1.54, 1.807) is 0 Å². The summed E-state index contributed by atoms with van der Waals surface area (Å²) in [6.07, 6.45) is 1.71. The molecule has 1 unspecified atom stereocenters. The summed E-state index contributed by atoms with van der Waals surface area (Å²) in [5.41, 5.74) is 1.56. The third-order valence-corrected chi connectivity index (χ3v) is 4.13. The summed E-state index contributed by atoms with van der Waals surface area (Å²) in [6.45, 7) is 4.29. The minimum atomic E-state index is -0.635. The Morgan fingerprint density at radius 2 is 1.65 bits per heavy atom. The summed E-state index contributed by atoms with van der Waals surface area (Å²) in [6, 6.07) is 14.7. The van der Waals surface area contributed by atoms with Gasteiger partial charge in [0.2, 0.25) is 5.91 Å². The molecular formula is C21H25FN2O2. The van der Waals surface area contributed by atoms with Gasteiger partial charge in [0.05, 0.1) is 0 Å². The lowest BCUT2D eigenvalue weighted by Gasteiger charge is -2.21. The number of rotatable bonds is 8. The molecule has 2 amide bonds. The molecule has 26 heavy (non-hydrogen) atoms. The Morgan fingerprint density at radius 3 is 2.27 bits per heavy atom. The number of hydrogen-bond acceptors (Lipinski definition) is 2. The van der Waals surface area contributed by atoms with Gasteiger partial charge in [0, 0.05) is 12.1 Å². The third-order valence-electron chi connectivity index (χ3n) is 4.13. The van der Waals surface area contributed by atoms with Crippen LogP contribution in [0.1, 0.15) is 36.2 Å². The lowest BCUT2D eigenvalue weighted by Crippen LogP contribution is -2.49. The van der Waals surface area contributed by atoms with Gasteiger partial charge < -0.3 is 10.6 Å². The van der Waals surface area contributed by atoms with E-state index in [0.717, 1.165) is 12.8 Å². The van der Waals surface area contributed by atoms with E-state index in [4.69, 9.17) is 0 Å². The molecule has 0 fully saturated rings. The molecule has 138 valence electrons. The second-order valence-corrected chi connectivity index (χ2v) is 6.58. The third kappa shape index (κ3) is 5.99. The lowest BCUT2D eigenvalue weighted by atomic mass is 10.0. The minimum Gasteiger partial charge on any atom is -0.354 e. The van der Waals surface area contributed by atoms with Crippen molar-refractivity contribution < 1.29 is 14.0 Å². The van der Waals surface area contributed by atoms with E-state index in [1.807, 2.05) is 32.0 Å². The molecule has 0 heterocycles. The molecule has 5 heteroatoms. The van der Waals surface area contributed by atoms with Crippen LogP contribution < -0.4 is 10.6 Å². The molecule has 4 nitrogen and oxygen atoms in total. The fraction of sp³-hybridized carbons (Fsp3) is 0.333. The number of aryl methyl sites for hydroxylation is 1. The molecule has 0 saturated heterocycles. The van der Waals surface area contributed by atoms with Crippen molar-refractivity contribution >= 4 is 11.8 Å². The highest BCUT2D eigenvalue weighted by Crippen LogP contribution is 2.07. The molecule has 0 bridgehead atoms. The van der Waals surface area contributed by atoms with Crippen molar-refractivity contribution in [3.05, 3.63) is 71.5 Å². The molecule has 0 radical (unpaired) electrons. The Balaban J connectivity index is 1.84. The highest BCUT2D eigenvalue weighted by molar-refractivity contribution is 5.97. The summed E-state index contributed by atoms with van der Waals surface area (Å²) >= 11 is 0. The number of hydrogen-bond donors (Lipinski definition) is 2. The molecule has 1 atom stereocenters. The van der Waals surface area contributed by atoms with Crippen LogP contribution in [0.25, 0.3) is 0 Å². The van der Waals surface area contributed by atoms with Gasteiger partial charge in [0.25, 0.3) is 5.91 Å². The lowest BCUT2D eigenvalue weighted by molar-refractivity contribution is -0.123. The average molecular weight is 356 g/mol. The summed E-state index contributed by atoms with van der Waals surface area (Å²) in [5, 5.41) is 5.62. The first-order chi connectivity index (χ1) is 12.5. The van der Waals surface area contributed by atoms with E-state index in [-0.39, 0.29) is 17.7 Å². The van der Waals surface area contributed by atoms with Crippen LogP contribution in [-0.2, 0) is 11.2 Å². The highest BCUT2D eigenvalue weighted by Gasteiger charge is 2.24. The Hall–Kier alpha value is -2.69. The Morgan fingerprint density at radius 1 is 1.00 bits per heavy atom. The fourth-order valence-corrected chi connectivity index (χ4v) is 2.62. The number of benzene rings is 2. The molecule has 0 aliphatic heterocycles. The van der Waals surface area contributed by atoms with E-state index in [0.29, 0.717) is 12.1 Å². The van der Waals surface area contributed by atoms with Crippen molar-refractivity contribution in [2.24, 2.45) is 5.92 Å². The maximum atomic E-state index is 13.0. The van der Waals surface area contributed by atoms with E-state index >= 15 is 0 Å². The molecule has 0 aliphatic rings. The van der Waals surface area contributed by atoms with Gasteiger partial charge in [-0.3, -0.25) is 9.59 Å². The summed E-state index contributed by atoms with van der Waals surface area (Å²) in [7, 11) is 0. The van der Waals surface area contributed by atoms with Crippen LogP contribution in [0.3, 0.4) is 0 Å². The zero-order valence-corrected chi connectivity index (χ0v) is 15.2. The number of carbonyl (C=O) groups excluding carboxylic acids is 2. The maximum absolute atomic E-state index is 13.0. The summed E-state index contributed by atoms with van der Waals surface area (Å²) in [5.74, 6) is -1.06. The molecular weight excluding hydrogens is 331 g/mol. The van der Waals surface area contributed by atoms with Gasteiger partial charge >= 0.3 is 0 Å². The van der Waals surface area contributed by atoms with Crippen LogP contribution in [0.2, 0.25) is 0 Å². The molecule has 0 saturated carbocycles. The summed E-state index contributed by atoms with van der Waals surface area (Å²) < 4.78 is 13.0. The molecule has 2 N–H and O–H groups in total. The highest BCUT2D eigenvalue weighted by atomic mass is 19.1. The van der Waals surface area contributed by atoms with Crippen molar-refractivity contribution in [3.8, 4) is 0 Å². The number of halogens is 1. The standard InChI is InChI=1S/C21H25FN2O2/c1-15(2)19(24-20(25)17-10-12-18(22)13-11-17)21(26)23-14-6-9-16-7-4-3-5-8-16/h3-5,7-8,10-13,15,19H,6,9,14H2,1-2H3,(H,23,26)(H,24,25). The summed E-state index contributed by atoms with van der Waals surface area (Å²) in [4.78, 5) is 24.7. The molecule has 2 aromatic carbocycles. The fourth-order valence-electron chi connectivity index (χ4n) is 2.62. The van der Waals surface area contributed by atoms with Crippen LogP contribution in [0, 0.1) is 11.7 Å². The van der Waals surface area contributed by atoms with Gasteiger partial charge in [-0.1, -0.05) is 44.2 Å². The average Bonchev–Trinajstić information content (AvgIpc) is 2.64. The van der Waals surface area contributed by atoms with Crippen molar-refractivity contribution in [1.82, 2.24) is 10.6 Å². The Bertz CT molecular complexity index is 715. The van der Waals surface area contributed by atoms with E-state index in [2.05, 4.69) is 22.8 Å². The number of nitrogens with one attached hydrogen (secondary N) is 2. The first-order valence-corrected chi connectivity index (χ1v) is 8.85. The van der Waals surface area contributed by atoms with Crippen molar-refractivity contribution in [2.45, 2.75) is 32.7 Å². The van der Waals surface area contributed by atoms with E-state index in [1.165, 1.54) is 29.8 Å². The molecule has 0 aliphatic carbocycles. The SMILES string of the molecule is CC(C)C(NC(=O)c1ccc(F)cc1)C(=O)NCCCc1ccccc1. The van der Waals surface area contributed by atoms with Crippen LogP contribution in [-0.4, -0.2) is 24.4 Å². The van der Waals surface area contributed by atoms with Crippen LogP contribution >= 0.6 is 0 Å². The largest absolute Gasteiger partial charge is 0.354 e. The van der Waals surface area contributed by atoms with Crippen LogP contribution in [0.15, 0.2) is 54.6 Å². The minimum absolute atomic E-state index is 0.0616. The number of amides is 2. The monoisotopic (exact) mass is 356 g/mol. The van der Waals surface area contributed by atoms with Gasteiger partial charge in [-0.15, -0.1) is 0 Å².